The predicted molar refractivity (Wildman–Crippen MR) is 74.1 cm³/mol. The summed E-state index contributed by atoms with van der Waals surface area (Å²) in [6.07, 6.45) is 1.74. The largest absolute Gasteiger partial charge is 0.349 e. The highest BCUT2D eigenvalue weighted by molar-refractivity contribution is 5.97. The smallest absolute Gasteiger partial charge is 0.270 e. The molecule has 0 aromatic carbocycles. The molecule has 5 heteroatoms. The van der Waals surface area contributed by atoms with Gasteiger partial charge in [-0.15, -0.1) is 0 Å². The van der Waals surface area contributed by atoms with Crippen LogP contribution in [0.4, 0.5) is 0 Å². The van der Waals surface area contributed by atoms with E-state index in [1.807, 2.05) is 23.1 Å². The van der Waals surface area contributed by atoms with Crippen molar-refractivity contribution in [1.29, 1.82) is 0 Å². The van der Waals surface area contributed by atoms with Crippen molar-refractivity contribution in [3.8, 4) is 0 Å². The van der Waals surface area contributed by atoms with E-state index in [2.05, 4.69) is 21.8 Å². The number of H-pyrrole nitrogens is 1. The molecule has 1 aliphatic rings. The fourth-order valence-electron chi connectivity index (χ4n) is 2.51. The quantitative estimate of drug-likeness (QED) is 0.884. The minimum atomic E-state index is 0.0775. The maximum atomic E-state index is 12.4. The van der Waals surface area contributed by atoms with Crippen LogP contribution in [-0.4, -0.2) is 58.4 Å². The number of fused-ring (bicyclic) bond motifs is 1. The first kappa shape index (κ1) is 12.2. The molecule has 3 heterocycles. The Labute approximate surface area is 112 Å². The fourth-order valence-corrected chi connectivity index (χ4v) is 2.51. The highest BCUT2D eigenvalue weighted by Crippen LogP contribution is 2.14. The van der Waals surface area contributed by atoms with E-state index in [4.69, 9.17) is 0 Å². The molecule has 1 saturated heterocycles. The third kappa shape index (κ3) is 2.33. The van der Waals surface area contributed by atoms with Gasteiger partial charge in [-0.05, 0) is 24.7 Å². The van der Waals surface area contributed by atoms with Gasteiger partial charge >= 0.3 is 0 Å². The number of hydrogen-bond acceptors (Lipinski definition) is 3. The Balaban J connectivity index is 1.77. The number of pyridine rings is 1. The van der Waals surface area contributed by atoms with Gasteiger partial charge in [-0.2, -0.15) is 0 Å². The van der Waals surface area contributed by atoms with Gasteiger partial charge in [0.25, 0.3) is 5.91 Å². The number of hydrogen-bond donors (Lipinski definition) is 1. The van der Waals surface area contributed by atoms with Crippen LogP contribution in [-0.2, 0) is 0 Å². The van der Waals surface area contributed by atoms with E-state index >= 15 is 0 Å². The molecule has 100 valence electrons. The molecule has 19 heavy (non-hydrogen) atoms. The highest BCUT2D eigenvalue weighted by atomic mass is 16.2. The Hall–Kier alpha value is -1.88. The van der Waals surface area contributed by atoms with Crippen LogP contribution in [0.15, 0.2) is 24.4 Å². The lowest BCUT2D eigenvalue weighted by molar-refractivity contribution is 0.0638. The van der Waals surface area contributed by atoms with Crippen molar-refractivity contribution in [1.82, 2.24) is 19.8 Å². The first-order chi connectivity index (χ1) is 9.28. The summed E-state index contributed by atoms with van der Waals surface area (Å²) in [5, 5.41) is 0. The van der Waals surface area contributed by atoms with Crippen LogP contribution in [0.25, 0.3) is 11.0 Å². The zero-order chi connectivity index (χ0) is 13.2. The Morgan fingerprint density at radius 3 is 2.84 bits per heavy atom. The Kier molecular flexibility index (Phi) is 3.21. The van der Waals surface area contributed by atoms with Gasteiger partial charge in [0.1, 0.15) is 5.69 Å². The summed E-state index contributed by atoms with van der Waals surface area (Å²) in [5.41, 5.74) is 2.40. The molecule has 1 N–H and O–H groups in total. The summed E-state index contributed by atoms with van der Waals surface area (Å²) in [4.78, 5) is 24.1. The third-order valence-corrected chi connectivity index (χ3v) is 3.73. The van der Waals surface area contributed by atoms with Crippen LogP contribution in [0.3, 0.4) is 0 Å². The van der Waals surface area contributed by atoms with E-state index in [9.17, 15) is 4.79 Å². The van der Waals surface area contributed by atoms with Crippen LogP contribution in [0.5, 0.6) is 0 Å². The number of nitrogens with zero attached hydrogens (tertiary/aromatic N) is 3. The zero-order valence-corrected chi connectivity index (χ0v) is 11.1. The van der Waals surface area contributed by atoms with Crippen molar-refractivity contribution in [2.24, 2.45) is 0 Å². The number of rotatable bonds is 2. The number of piperazine rings is 1. The van der Waals surface area contributed by atoms with Gasteiger partial charge in [-0.25, -0.2) is 0 Å². The zero-order valence-electron chi connectivity index (χ0n) is 11.1. The molecule has 0 atom stereocenters. The maximum absolute atomic E-state index is 12.4. The number of nitrogens with one attached hydrogen (secondary N) is 1. The first-order valence-electron chi connectivity index (χ1n) is 6.73. The summed E-state index contributed by atoms with van der Waals surface area (Å²) < 4.78 is 0. The highest BCUT2D eigenvalue weighted by Gasteiger charge is 2.22. The van der Waals surface area contributed by atoms with Crippen molar-refractivity contribution in [3.05, 3.63) is 30.1 Å². The van der Waals surface area contributed by atoms with Crippen LogP contribution >= 0.6 is 0 Å². The molecule has 0 spiro atoms. The molecule has 0 saturated carbocycles. The summed E-state index contributed by atoms with van der Waals surface area (Å²) in [5.74, 6) is 0.0775. The SMILES string of the molecule is CCN1CCN(C(=O)c2cc3ncccc3[nH]2)CC1. The molecular weight excluding hydrogens is 240 g/mol. The number of aromatic nitrogens is 2. The molecule has 5 nitrogen and oxygen atoms in total. The molecule has 0 aliphatic carbocycles. The average Bonchev–Trinajstić information content (AvgIpc) is 2.90. The number of aromatic amines is 1. The van der Waals surface area contributed by atoms with Gasteiger partial charge < -0.3 is 14.8 Å². The van der Waals surface area contributed by atoms with E-state index in [1.54, 1.807) is 6.20 Å². The Morgan fingerprint density at radius 2 is 2.16 bits per heavy atom. The molecule has 3 rings (SSSR count). The van der Waals surface area contributed by atoms with Gasteiger partial charge in [0.2, 0.25) is 0 Å². The van der Waals surface area contributed by atoms with Crippen molar-refractivity contribution < 1.29 is 4.79 Å². The molecule has 0 unspecified atom stereocenters. The van der Waals surface area contributed by atoms with Crippen molar-refractivity contribution in [2.75, 3.05) is 32.7 Å². The van der Waals surface area contributed by atoms with Gasteiger partial charge in [0.15, 0.2) is 0 Å². The van der Waals surface area contributed by atoms with Crippen molar-refractivity contribution in [2.45, 2.75) is 6.92 Å². The van der Waals surface area contributed by atoms with Gasteiger partial charge in [-0.3, -0.25) is 9.78 Å². The number of carbonyl (C=O) groups excluding carboxylic acids is 1. The Morgan fingerprint density at radius 1 is 1.37 bits per heavy atom. The average molecular weight is 258 g/mol. The summed E-state index contributed by atoms with van der Waals surface area (Å²) in [6, 6.07) is 5.64. The van der Waals surface area contributed by atoms with Crippen molar-refractivity contribution >= 4 is 16.9 Å². The van der Waals surface area contributed by atoms with Crippen LogP contribution < -0.4 is 0 Å². The predicted octanol–water partition coefficient (Wildman–Crippen LogP) is 1.34. The lowest BCUT2D eigenvalue weighted by Gasteiger charge is -2.33. The maximum Gasteiger partial charge on any atom is 0.270 e. The van der Waals surface area contributed by atoms with E-state index in [-0.39, 0.29) is 5.91 Å². The number of likely N-dealkylation sites (N-methyl/N-ethyl adjacent to an activating group) is 1. The standard InChI is InChI=1S/C14H18N4O/c1-2-17-6-8-18(9-7-17)14(19)13-10-12-11(16-13)4-3-5-15-12/h3-5,10,16H,2,6-9H2,1H3. The minimum absolute atomic E-state index is 0.0775. The summed E-state index contributed by atoms with van der Waals surface area (Å²) >= 11 is 0. The van der Waals surface area contributed by atoms with Crippen LogP contribution in [0.1, 0.15) is 17.4 Å². The third-order valence-electron chi connectivity index (χ3n) is 3.73. The lowest BCUT2D eigenvalue weighted by Crippen LogP contribution is -2.48. The normalized spacial score (nSPS) is 17.0. The molecule has 0 radical (unpaired) electrons. The van der Waals surface area contributed by atoms with E-state index in [1.165, 1.54) is 0 Å². The molecule has 1 fully saturated rings. The molecule has 1 amide bonds. The minimum Gasteiger partial charge on any atom is -0.349 e. The number of carbonyl (C=O) groups is 1. The van der Waals surface area contributed by atoms with Gasteiger partial charge in [0.05, 0.1) is 11.0 Å². The first-order valence-corrected chi connectivity index (χ1v) is 6.73. The fraction of sp³-hybridized carbons (Fsp3) is 0.429. The van der Waals surface area contributed by atoms with Crippen LogP contribution in [0, 0.1) is 0 Å². The second-order valence-corrected chi connectivity index (χ2v) is 4.85. The molecule has 1 aliphatic heterocycles. The second-order valence-electron chi connectivity index (χ2n) is 4.85. The second kappa shape index (κ2) is 5.01. The Bertz CT molecular complexity index is 551. The van der Waals surface area contributed by atoms with Crippen molar-refractivity contribution in [3.63, 3.8) is 0 Å². The van der Waals surface area contributed by atoms with Gasteiger partial charge in [-0.1, -0.05) is 6.92 Å². The molecular formula is C14H18N4O. The van der Waals surface area contributed by atoms with Crippen LogP contribution in [0.2, 0.25) is 0 Å². The topological polar surface area (TPSA) is 52.2 Å². The monoisotopic (exact) mass is 258 g/mol. The molecule has 2 aromatic rings. The molecule has 0 bridgehead atoms. The molecule has 2 aromatic heterocycles. The summed E-state index contributed by atoms with van der Waals surface area (Å²) in [7, 11) is 0. The lowest BCUT2D eigenvalue weighted by atomic mass is 10.2. The summed E-state index contributed by atoms with van der Waals surface area (Å²) in [6.45, 7) is 6.73. The van der Waals surface area contributed by atoms with E-state index < -0.39 is 0 Å². The van der Waals surface area contributed by atoms with Gasteiger partial charge in [0, 0.05) is 32.4 Å². The van der Waals surface area contributed by atoms with E-state index in [0.29, 0.717) is 5.69 Å². The number of amides is 1. The van der Waals surface area contributed by atoms with E-state index in [0.717, 1.165) is 43.8 Å².